The second-order valence-corrected chi connectivity index (χ2v) is 9.14. The van der Waals surface area contributed by atoms with Crippen molar-refractivity contribution in [2.45, 2.75) is 32.9 Å². The Kier molecular flexibility index (Phi) is 8.81. The number of nitrogens with zero attached hydrogens (tertiary/aromatic N) is 1. The fourth-order valence-corrected chi connectivity index (χ4v) is 4.58. The van der Waals surface area contributed by atoms with Gasteiger partial charge in [-0.1, -0.05) is 42.0 Å². The molecule has 0 bridgehead atoms. The predicted octanol–water partition coefficient (Wildman–Crippen LogP) is 5.43. The monoisotopic (exact) mass is 515 g/mol. The summed E-state index contributed by atoms with van der Waals surface area (Å²) in [5.74, 6) is -0.250. The molecule has 1 atom stereocenters. The lowest BCUT2D eigenvalue weighted by atomic mass is 9.95. The summed E-state index contributed by atoms with van der Waals surface area (Å²) in [7, 11) is 1.59. The number of ketones is 1. The van der Waals surface area contributed by atoms with Gasteiger partial charge in [-0.2, -0.15) is 0 Å². The number of carbonyl (C=O) groups excluding carboxylic acids is 2. The van der Waals surface area contributed by atoms with Gasteiger partial charge in [0.15, 0.2) is 0 Å². The fourth-order valence-electron chi connectivity index (χ4n) is 4.58. The lowest BCUT2D eigenvalue weighted by Crippen LogP contribution is -2.31. The Labute approximate surface area is 223 Å². The van der Waals surface area contributed by atoms with E-state index < -0.39 is 17.7 Å². The molecule has 1 N–H and O–H groups in total. The molecule has 38 heavy (non-hydrogen) atoms. The number of hydrogen-bond donors (Lipinski definition) is 1. The molecule has 0 aliphatic carbocycles. The summed E-state index contributed by atoms with van der Waals surface area (Å²) in [4.78, 5) is 27.7. The minimum absolute atomic E-state index is 0.0602. The van der Waals surface area contributed by atoms with Crippen molar-refractivity contribution in [2.24, 2.45) is 0 Å². The molecule has 1 aliphatic rings. The molecule has 1 amide bonds. The maximum Gasteiger partial charge on any atom is 0.295 e. The fraction of sp³-hybridized carbons (Fsp3) is 0.290. The highest BCUT2D eigenvalue weighted by Gasteiger charge is 2.45. The van der Waals surface area contributed by atoms with E-state index in [1.807, 2.05) is 44.2 Å². The molecule has 1 saturated heterocycles. The number of Topliss-reactive ketones (excluding diaryl/α,β-unsaturated/α-hetero) is 1. The molecule has 7 nitrogen and oxygen atoms in total. The van der Waals surface area contributed by atoms with Gasteiger partial charge >= 0.3 is 0 Å². The summed E-state index contributed by atoms with van der Waals surface area (Å²) < 4.78 is 16.6. The highest BCUT2D eigenvalue weighted by molar-refractivity contribution is 6.46. The van der Waals surface area contributed by atoms with Crippen LogP contribution in [0.2, 0.25) is 0 Å². The Morgan fingerprint density at radius 1 is 0.947 bits per heavy atom. The van der Waals surface area contributed by atoms with Crippen LogP contribution >= 0.6 is 0 Å². The van der Waals surface area contributed by atoms with Crippen molar-refractivity contribution in [3.05, 3.63) is 101 Å². The quantitative estimate of drug-likeness (QED) is 0.159. The van der Waals surface area contributed by atoms with Crippen molar-refractivity contribution in [3.8, 4) is 11.5 Å². The third kappa shape index (κ3) is 6.06. The number of aryl methyl sites for hydroxylation is 1. The summed E-state index contributed by atoms with van der Waals surface area (Å²) in [5, 5.41) is 11.3. The molecule has 1 unspecified atom stereocenters. The van der Waals surface area contributed by atoms with Crippen LogP contribution < -0.4 is 9.47 Å². The Bertz CT molecular complexity index is 1300. The van der Waals surface area contributed by atoms with Crippen LogP contribution in [-0.4, -0.2) is 48.6 Å². The number of likely N-dealkylation sites (tertiary alicyclic amines) is 1. The van der Waals surface area contributed by atoms with Gasteiger partial charge in [0, 0.05) is 25.8 Å². The standard InChI is InChI=1S/C31H33NO6/c1-4-37-25-13-9-23(10-14-25)28-27(30(34)31(35)32(28)17-6-18-36-3)29(33)24-11-15-26(16-12-24)38-20-22-8-5-7-21(2)19-22/h5,7-16,19,28,33H,4,6,17-18,20H2,1-3H3/b29-27-. The van der Waals surface area contributed by atoms with E-state index in [1.54, 1.807) is 43.5 Å². The molecule has 7 heteroatoms. The summed E-state index contributed by atoms with van der Waals surface area (Å²) >= 11 is 0. The average Bonchev–Trinajstić information content (AvgIpc) is 3.18. The molecule has 3 aromatic rings. The Morgan fingerprint density at radius 2 is 1.63 bits per heavy atom. The third-order valence-corrected chi connectivity index (χ3v) is 6.41. The second-order valence-electron chi connectivity index (χ2n) is 9.14. The first-order chi connectivity index (χ1) is 18.4. The molecular formula is C31H33NO6. The maximum atomic E-state index is 13.2. The number of benzene rings is 3. The Hall–Kier alpha value is -4.10. The second kappa shape index (κ2) is 12.4. The molecular weight excluding hydrogens is 482 g/mol. The first kappa shape index (κ1) is 26.9. The van der Waals surface area contributed by atoms with E-state index in [0.29, 0.717) is 55.4 Å². The van der Waals surface area contributed by atoms with Crippen molar-refractivity contribution in [2.75, 3.05) is 26.9 Å². The zero-order valence-electron chi connectivity index (χ0n) is 22.0. The molecule has 1 aliphatic heterocycles. The lowest BCUT2D eigenvalue weighted by molar-refractivity contribution is -0.140. The van der Waals surface area contributed by atoms with Crippen molar-refractivity contribution in [3.63, 3.8) is 0 Å². The number of rotatable bonds is 11. The van der Waals surface area contributed by atoms with Gasteiger partial charge in [0.25, 0.3) is 11.7 Å². The zero-order chi connectivity index (χ0) is 27.1. The third-order valence-electron chi connectivity index (χ3n) is 6.41. The first-order valence-corrected chi connectivity index (χ1v) is 12.7. The summed E-state index contributed by atoms with van der Waals surface area (Å²) in [6.45, 7) is 5.64. The van der Waals surface area contributed by atoms with Crippen LogP contribution in [0.1, 0.15) is 41.6 Å². The van der Waals surface area contributed by atoms with Gasteiger partial charge in [-0.05, 0) is 67.8 Å². The smallest absolute Gasteiger partial charge is 0.295 e. The van der Waals surface area contributed by atoms with Gasteiger partial charge in [-0.15, -0.1) is 0 Å². The Balaban J connectivity index is 1.63. The van der Waals surface area contributed by atoms with Gasteiger partial charge in [0.05, 0.1) is 18.2 Å². The molecule has 1 fully saturated rings. The maximum absolute atomic E-state index is 13.2. The van der Waals surface area contributed by atoms with Gasteiger partial charge in [-0.25, -0.2) is 0 Å². The van der Waals surface area contributed by atoms with E-state index in [0.717, 1.165) is 11.1 Å². The molecule has 0 radical (unpaired) electrons. The van der Waals surface area contributed by atoms with Gasteiger partial charge in [0.2, 0.25) is 0 Å². The number of amides is 1. The van der Waals surface area contributed by atoms with Crippen molar-refractivity contribution in [1.82, 2.24) is 4.90 Å². The van der Waals surface area contributed by atoms with Crippen LogP contribution in [0.3, 0.4) is 0 Å². The molecule has 3 aromatic carbocycles. The van der Waals surface area contributed by atoms with Gasteiger partial charge < -0.3 is 24.2 Å². The van der Waals surface area contributed by atoms with Crippen LogP contribution in [0.4, 0.5) is 0 Å². The molecule has 198 valence electrons. The van der Waals surface area contributed by atoms with Gasteiger partial charge in [0.1, 0.15) is 23.9 Å². The van der Waals surface area contributed by atoms with E-state index in [4.69, 9.17) is 14.2 Å². The number of hydrogen-bond acceptors (Lipinski definition) is 6. The largest absolute Gasteiger partial charge is 0.507 e. The summed E-state index contributed by atoms with van der Waals surface area (Å²) in [6.07, 6.45) is 0.560. The normalized spacial score (nSPS) is 16.6. The number of aliphatic hydroxyl groups excluding tert-OH is 1. The summed E-state index contributed by atoms with van der Waals surface area (Å²) in [5.41, 5.74) is 3.42. The van der Waals surface area contributed by atoms with Crippen LogP contribution in [0.25, 0.3) is 5.76 Å². The topological polar surface area (TPSA) is 85.3 Å². The predicted molar refractivity (Wildman–Crippen MR) is 145 cm³/mol. The van der Waals surface area contributed by atoms with Crippen molar-refractivity contribution in [1.29, 1.82) is 0 Å². The summed E-state index contributed by atoms with van der Waals surface area (Å²) in [6, 6.07) is 21.5. The van der Waals surface area contributed by atoms with E-state index in [2.05, 4.69) is 6.07 Å². The first-order valence-electron chi connectivity index (χ1n) is 12.7. The van der Waals surface area contributed by atoms with Crippen LogP contribution in [-0.2, 0) is 20.9 Å². The number of carbonyl (C=O) groups is 2. The average molecular weight is 516 g/mol. The van der Waals surface area contributed by atoms with E-state index in [-0.39, 0.29) is 11.3 Å². The molecule has 0 aromatic heterocycles. The molecule has 1 heterocycles. The highest BCUT2D eigenvalue weighted by Crippen LogP contribution is 2.40. The van der Waals surface area contributed by atoms with E-state index in [1.165, 1.54) is 4.90 Å². The van der Waals surface area contributed by atoms with E-state index >= 15 is 0 Å². The van der Waals surface area contributed by atoms with Gasteiger partial charge in [-0.3, -0.25) is 9.59 Å². The minimum atomic E-state index is -0.722. The Morgan fingerprint density at radius 3 is 2.29 bits per heavy atom. The molecule has 0 saturated carbocycles. The number of methoxy groups -OCH3 is 1. The van der Waals surface area contributed by atoms with Crippen LogP contribution in [0.15, 0.2) is 78.4 Å². The van der Waals surface area contributed by atoms with Crippen molar-refractivity contribution < 1.29 is 28.9 Å². The minimum Gasteiger partial charge on any atom is -0.507 e. The SMILES string of the molecule is CCOc1ccc(C2/C(=C(/O)c3ccc(OCc4cccc(C)c4)cc3)C(=O)C(=O)N2CCCOC)cc1. The highest BCUT2D eigenvalue weighted by atomic mass is 16.5. The van der Waals surface area contributed by atoms with Crippen LogP contribution in [0.5, 0.6) is 11.5 Å². The van der Waals surface area contributed by atoms with E-state index in [9.17, 15) is 14.7 Å². The zero-order valence-corrected chi connectivity index (χ0v) is 22.0. The number of ether oxygens (including phenoxy) is 3. The van der Waals surface area contributed by atoms with Crippen LogP contribution in [0, 0.1) is 6.92 Å². The molecule has 4 rings (SSSR count). The lowest BCUT2D eigenvalue weighted by Gasteiger charge is -2.25. The number of aliphatic hydroxyl groups is 1. The molecule has 0 spiro atoms. The van der Waals surface area contributed by atoms with Crippen molar-refractivity contribution >= 4 is 17.4 Å².